The van der Waals surface area contributed by atoms with Gasteiger partial charge in [-0.3, -0.25) is 9.48 Å². The van der Waals surface area contributed by atoms with Crippen LogP contribution in [0, 0.1) is 0 Å². The van der Waals surface area contributed by atoms with Gasteiger partial charge in [0.2, 0.25) is 0 Å². The molecule has 0 spiro atoms. The zero-order valence-electron chi connectivity index (χ0n) is 14.0. The number of esters is 1. The third-order valence-electron chi connectivity index (χ3n) is 3.96. The van der Waals surface area contributed by atoms with E-state index in [4.69, 9.17) is 4.74 Å². The van der Waals surface area contributed by atoms with Gasteiger partial charge in [0, 0.05) is 12.2 Å². The lowest BCUT2D eigenvalue weighted by molar-refractivity contribution is -0.150. The average molecular weight is 295 g/mol. The quantitative estimate of drug-likeness (QED) is 0.710. The number of hydrogen-bond donors (Lipinski definition) is 1. The van der Waals surface area contributed by atoms with Gasteiger partial charge in [-0.15, -0.1) is 0 Å². The van der Waals surface area contributed by atoms with Gasteiger partial charge in [-0.2, -0.15) is 5.10 Å². The summed E-state index contributed by atoms with van der Waals surface area (Å²) in [5.41, 5.74) is 1.77. The van der Waals surface area contributed by atoms with Crippen LogP contribution in [0.1, 0.15) is 51.9 Å². The Hall–Kier alpha value is -1.36. The molecule has 21 heavy (non-hydrogen) atoms. The zero-order chi connectivity index (χ0) is 15.9. The normalized spacial score (nSPS) is 14.0. The van der Waals surface area contributed by atoms with Crippen LogP contribution in [0.5, 0.6) is 0 Å². The lowest BCUT2D eigenvalue weighted by Gasteiger charge is -2.26. The Bertz CT molecular complexity index is 456. The Morgan fingerprint density at radius 3 is 2.62 bits per heavy atom. The predicted molar refractivity (Wildman–Crippen MR) is 84.3 cm³/mol. The Kier molecular flexibility index (Phi) is 6.89. The highest BCUT2D eigenvalue weighted by Gasteiger charge is 2.32. The van der Waals surface area contributed by atoms with Gasteiger partial charge in [0.1, 0.15) is 5.54 Å². The fourth-order valence-electron chi connectivity index (χ4n) is 2.37. The van der Waals surface area contributed by atoms with Crippen molar-refractivity contribution in [3.05, 3.63) is 17.5 Å². The van der Waals surface area contributed by atoms with Crippen molar-refractivity contribution in [3.63, 3.8) is 0 Å². The van der Waals surface area contributed by atoms with Crippen LogP contribution in [0.3, 0.4) is 0 Å². The minimum atomic E-state index is -0.622. The molecule has 0 bridgehead atoms. The number of hydrogen-bond acceptors (Lipinski definition) is 4. The fourth-order valence-corrected chi connectivity index (χ4v) is 2.37. The van der Waals surface area contributed by atoms with E-state index < -0.39 is 5.54 Å². The summed E-state index contributed by atoms with van der Waals surface area (Å²) in [5.74, 6) is -0.182. The highest BCUT2D eigenvalue weighted by atomic mass is 16.5. The third-order valence-corrected chi connectivity index (χ3v) is 3.96. The van der Waals surface area contributed by atoms with Crippen LogP contribution < -0.4 is 5.32 Å². The summed E-state index contributed by atoms with van der Waals surface area (Å²) in [6.45, 7) is 9.23. The van der Waals surface area contributed by atoms with E-state index in [-0.39, 0.29) is 5.97 Å². The molecule has 0 radical (unpaired) electrons. The first kappa shape index (κ1) is 17.7. The van der Waals surface area contributed by atoms with E-state index in [2.05, 4.69) is 35.0 Å². The molecule has 1 heterocycles. The van der Waals surface area contributed by atoms with Crippen LogP contribution >= 0.6 is 0 Å². The molecule has 0 amide bonds. The molecule has 0 aliphatic carbocycles. The lowest BCUT2D eigenvalue weighted by Crippen LogP contribution is -2.48. The zero-order valence-corrected chi connectivity index (χ0v) is 14.0. The predicted octanol–water partition coefficient (Wildman–Crippen LogP) is 2.33. The van der Waals surface area contributed by atoms with Gasteiger partial charge in [-0.1, -0.05) is 13.8 Å². The molecule has 1 aromatic heterocycles. The smallest absolute Gasteiger partial charge is 0.326 e. The Labute approximate surface area is 128 Å². The average Bonchev–Trinajstić information content (AvgIpc) is 2.89. The van der Waals surface area contributed by atoms with E-state index in [1.807, 2.05) is 13.8 Å². The van der Waals surface area contributed by atoms with Crippen molar-refractivity contribution in [2.45, 2.75) is 65.5 Å². The molecule has 1 N–H and O–H groups in total. The number of nitrogens with zero attached hydrogens (tertiary/aromatic N) is 2. The molecule has 0 aliphatic rings. The van der Waals surface area contributed by atoms with E-state index in [0.717, 1.165) is 37.9 Å². The van der Waals surface area contributed by atoms with Crippen molar-refractivity contribution in [2.75, 3.05) is 13.7 Å². The molecular weight excluding hydrogens is 266 g/mol. The van der Waals surface area contributed by atoms with Gasteiger partial charge in [0.15, 0.2) is 0 Å². The van der Waals surface area contributed by atoms with Gasteiger partial charge >= 0.3 is 5.97 Å². The van der Waals surface area contributed by atoms with E-state index in [1.54, 1.807) is 7.05 Å². The summed E-state index contributed by atoms with van der Waals surface area (Å²) >= 11 is 0. The summed E-state index contributed by atoms with van der Waals surface area (Å²) in [6, 6.07) is 2.17. The number of ether oxygens (including phenoxy) is 1. The first-order valence-corrected chi connectivity index (χ1v) is 7.92. The monoisotopic (exact) mass is 295 g/mol. The number of rotatable bonds is 9. The van der Waals surface area contributed by atoms with Gasteiger partial charge < -0.3 is 10.1 Å². The summed E-state index contributed by atoms with van der Waals surface area (Å²) in [5, 5.41) is 7.70. The molecule has 0 aliphatic heterocycles. The highest BCUT2D eigenvalue weighted by molar-refractivity contribution is 5.80. The molecule has 1 unspecified atom stereocenters. The molecule has 0 saturated heterocycles. The molecule has 5 heteroatoms. The maximum atomic E-state index is 12.0. The van der Waals surface area contributed by atoms with Crippen LogP contribution in [0.4, 0.5) is 0 Å². The SMILES string of the molecule is CCOC(=O)C(C)(CCCn1nc(CC)cc1CC)NC. The Morgan fingerprint density at radius 2 is 2.10 bits per heavy atom. The van der Waals surface area contributed by atoms with Crippen molar-refractivity contribution in [1.29, 1.82) is 0 Å². The van der Waals surface area contributed by atoms with Gasteiger partial charge in [-0.25, -0.2) is 0 Å². The molecule has 1 atom stereocenters. The van der Waals surface area contributed by atoms with Crippen molar-refractivity contribution in [1.82, 2.24) is 15.1 Å². The van der Waals surface area contributed by atoms with Crippen LogP contribution in [-0.4, -0.2) is 34.9 Å². The van der Waals surface area contributed by atoms with E-state index >= 15 is 0 Å². The van der Waals surface area contributed by atoms with Gasteiger partial charge in [-0.05, 0) is 52.6 Å². The maximum Gasteiger partial charge on any atom is 0.326 e. The molecular formula is C16H29N3O2. The third kappa shape index (κ3) is 4.56. The maximum absolute atomic E-state index is 12.0. The van der Waals surface area contributed by atoms with E-state index in [0.29, 0.717) is 6.61 Å². The molecule has 0 saturated carbocycles. The van der Waals surface area contributed by atoms with Crippen molar-refractivity contribution in [3.8, 4) is 0 Å². The second-order valence-corrected chi connectivity index (χ2v) is 5.46. The molecule has 120 valence electrons. The highest BCUT2D eigenvalue weighted by Crippen LogP contribution is 2.16. The fraction of sp³-hybridized carbons (Fsp3) is 0.750. The summed E-state index contributed by atoms with van der Waals surface area (Å²) in [6.07, 6.45) is 3.55. The number of aryl methyl sites for hydroxylation is 3. The number of nitrogens with one attached hydrogen (secondary N) is 1. The first-order valence-electron chi connectivity index (χ1n) is 7.92. The van der Waals surface area contributed by atoms with Crippen molar-refractivity contribution < 1.29 is 9.53 Å². The summed E-state index contributed by atoms with van der Waals surface area (Å²) < 4.78 is 7.21. The first-order chi connectivity index (χ1) is 10.0. The molecule has 0 aromatic carbocycles. The Balaban J connectivity index is 2.62. The van der Waals surface area contributed by atoms with Crippen molar-refractivity contribution >= 4 is 5.97 Å². The Morgan fingerprint density at radius 1 is 1.38 bits per heavy atom. The number of aromatic nitrogens is 2. The minimum absolute atomic E-state index is 0.182. The van der Waals surface area contributed by atoms with Crippen LogP contribution in [0.25, 0.3) is 0 Å². The molecule has 5 nitrogen and oxygen atoms in total. The molecule has 0 fully saturated rings. The summed E-state index contributed by atoms with van der Waals surface area (Å²) in [4.78, 5) is 12.0. The topological polar surface area (TPSA) is 56.2 Å². The van der Waals surface area contributed by atoms with Gasteiger partial charge in [0.25, 0.3) is 0 Å². The van der Waals surface area contributed by atoms with Crippen molar-refractivity contribution in [2.24, 2.45) is 0 Å². The summed E-state index contributed by atoms with van der Waals surface area (Å²) in [7, 11) is 1.80. The number of carbonyl (C=O) groups excluding carboxylic acids is 1. The minimum Gasteiger partial charge on any atom is -0.465 e. The molecule has 1 rings (SSSR count). The molecule has 1 aromatic rings. The van der Waals surface area contributed by atoms with Crippen LogP contribution in [0.2, 0.25) is 0 Å². The second-order valence-electron chi connectivity index (χ2n) is 5.46. The number of carbonyl (C=O) groups is 1. The standard InChI is InChI=1S/C16H29N3O2/c1-6-13-12-14(7-2)19(18-13)11-9-10-16(4,17-5)15(20)21-8-3/h12,17H,6-11H2,1-5H3. The van der Waals surface area contributed by atoms with E-state index in [1.165, 1.54) is 5.69 Å². The van der Waals surface area contributed by atoms with Gasteiger partial charge in [0.05, 0.1) is 12.3 Å². The van der Waals surface area contributed by atoms with E-state index in [9.17, 15) is 4.79 Å². The van der Waals surface area contributed by atoms with Crippen LogP contribution in [-0.2, 0) is 28.9 Å². The lowest BCUT2D eigenvalue weighted by atomic mass is 9.96. The number of likely N-dealkylation sites (N-methyl/N-ethyl adjacent to an activating group) is 1. The largest absolute Gasteiger partial charge is 0.465 e. The van der Waals surface area contributed by atoms with Crippen LogP contribution in [0.15, 0.2) is 6.07 Å². The second kappa shape index (κ2) is 8.17.